The molecular formula is C25H38N4O. The summed E-state index contributed by atoms with van der Waals surface area (Å²) in [5.41, 5.74) is 4.00. The van der Waals surface area contributed by atoms with Gasteiger partial charge in [0.15, 0.2) is 0 Å². The molecule has 2 aromatic heterocycles. The maximum absolute atomic E-state index is 11.9. The number of pyridine rings is 2. The van der Waals surface area contributed by atoms with E-state index in [2.05, 4.69) is 48.2 Å². The van der Waals surface area contributed by atoms with Crippen molar-refractivity contribution in [3.8, 4) is 0 Å². The summed E-state index contributed by atoms with van der Waals surface area (Å²) in [7, 11) is 0. The average molecular weight is 411 g/mol. The number of aliphatic imine (C=N–C) groups is 1. The van der Waals surface area contributed by atoms with Gasteiger partial charge in [0, 0.05) is 48.5 Å². The number of allylic oxidation sites excluding steroid dienone is 2. The highest BCUT2D eigenvalue weighted by Gasteiger charge is 2.29. The summed E-state index contributed by atoms with van der Waals surface area (Å²) in [6.07, 6.45) is 11.2. The Kier molecular flexibility index (Phi) is 9.15. The Balaban J connectivity index is 0.00000156. The predicted octanol–water partition coefficient (Wildman–Crippen LogP) is 6.69. The van der Waals surface area contributed by atoms with Gasteiger partial charge >= 0.3 is 0 Å². The number of fused-ring (bicyclic) bond motifs is 1. The first kappa shape index (κ1) is 23.7. The number of nitrogens with zero attached hydrogens (tertiary/aromatic N) is 3. The molecule has 1 aliphatic rings. The van der Waals surface area contributed by atoms with E-state index < -0.39 is 0 Å². The van der Waals surface area contributed by atoms with Crippen LogP contribution in [0.15, 0.2) is 35.6 Å². The van der Waals surface area contributed by atoms with Crippen LogP contribution in [0.2, 0.25) is 0 Å². The van der Waals surface area contributed by atoms with Crippen molar-refractivity contribution in [3.05, 3.63) is 36.2 Å². The molecule has 1 fully saturated rings. The summed E-state index contributed by atoms with van der Waals surface area (Å²) < 4.78 is 0. The number of unbranched alkanes of at least 4 members (excludes halogenated alkanes) is 1. The third kappa shape index (κ3) is 6.48. The lowest BCUT2D eigenvalue weighted by Crippen LogP contribution is -2.14. The number of nitrogens with one attached hydrogen (secondary N) is 1. The molecule has 0 radical (unpaired) electrons. The zero-order valence-electron chi connectivity index (χ0n) is 19.3. The van der Waals surface area contributed by atoms with Gasteiger partial charge in [-0.2, -0.15) is 0 Å². The number of aromatic nitrogens is 2. The minimum absolute atomic E-state index is 0. The second-order valence-corrected chi connectivity index (χ2v) is 7.66. The smallest absolute Gasteiger partial charge is 0.228 e. The Hall–Kier alpha value is -2.56. The molecule has 1 aliphatic carbocycles. The molecule has 0 aliphatic heterocycles. The van der Waals surface area contributed by atoms with Gasteiger partial charge in [0.2, 0.25) is 5.91 Å². The van der Waals surface area contributed by atoms with Gasteiger partial charge in [0.1, 0.15) is 5.82 Å². The minimum atomic E-state index is 0. The normalized spacial score (nSPS) is 15.4. The largest absolute Gasteiger partial charge is 0.310 e. The van der Waals surface area contributed by atoms with Gasteiger partial charge in [-0.25, -0.2) is 4.98 Å². The van der Waals surface area contributed by atoms with Crippen LogP contribution in [0.4, 0.5) is 5.82 Å². The van der Waals surface area contributed by atoms with Crippen LogP contribution in [-0.2, 0) is 4.79 Å². The maximum atomic E-state index is 11.9. The van der Waals surface area contributed by atoms with Crippen LogP contribution in [-0.4, -0.2) is 27.6 Å². The second-order valence-electron chi connectivity index (χ2n) is 7.66. The molecule has 30 heavy (non-hydrogen) atoms. The molecule has 3 rings (SSSR count). The van der Waals surface area contributed by atoms with E-state index in [0.717, 1.165) is 47.0 Å². The van der Waals surface area contributed by atoms with Crippen LogP contribution in [0.3, 0.4) is 0 Å². The van der Waals surface area contributed by atoms with Crippen molar-refractivity contribution in [1.82, 2.24) is 9.97 Å². The second kappa shape index (κ2) is 11.6. The van der Waals surface area contributed by atoms with E-state index in [4.69, 9.17) is 4.99 Å². The van der Waals surface area contributed by atoms with E-state index in [1.807, 2.05) is 33.0 Å². The van der Waals surface area contributed by atoms with Gasteiger partial charge in [0.05, 0.1) is 5.52 Å². The van der Waals surface area contributed by atoms with Gasteiger partial charge < -0.3 is 5.32 Å². The Bertz CT molecular complexity index is 919. The number of hydrogen-bond donors (Lipinski definition) is 1. The van der Waals surface area contributed by atoms with E-state index >= 15 is 0 Å². The molecule has 0 saturated heterocycles. The SMILES string of the molecule is C/C=C(\C(C)=NC(C)CCCC)c1cnc2cc(NC(=O)C3CC3)ncc2c1.CC.[HH]. The molecule has 1 amide bonds. The van der Waals surface area contributed by atoms with Crippen LogP contribution in [0, 0.1) is 5.92 Å². The Labute approximate surface area is 182 Å². The molecule has 2 aromatic rings. The van der Waals surface area contributed by atoms with Crippen LogP contribution in [0.25, 0.3) is 16.5 Å². The summed E-state index contributed by atoms with van der Waals surface area (Å²) >= 11 is 0. The van der Waals surface area contributed by atoms with Crippen molar-refractivity contribution < 1.29 is 6.22 Å². The molecule has 164 valence electrons. The standard InChI is InChI=1S/C23H30N4O.C2H6.H2/c1-5-7-8-15(3)26-16(4)20(6-2)18-11-19-14-25-22(12-21(19)24-13-18)27-23(28)17-9-10-17;1-2;/h6,11-15,17H,5,7-10H2,1-4H3,(H,25,27,28);1-2H3;1H/b20-6+,26-16?;;. The summed E-state index contributed by atoms with van der Waals surface area (Å²) in [5.74, 6) is 0.786. The summed E-state index contributed by atoms with van der Waals surface area (Å²) in [6.45, 7) is 12.5. The lowest BCUT2D eigenvalue weighted by molar-refractivity contribution is -0.117. The van der Waals surface area contributed by atoms with Crippen LogP contribution >= 0.6 is 0 Å². The molecule has 2 heterocycles. The first-order valence-corrected chi connectivity index (χ1v) is 11.3. The molecular weight excluding hydrogens is 372 g/mol. The van der Waals surface area contributed by atoms with Gasteiger partial charge in [-0.1, -0.05) is 39.7 Å². The Morgan fingerprint density at radius 3 is 2.67 bits per heavy atom. The number of carbonyl (C=O) groups excluding carboxylic acids is 1. The Morgan fingerprint density at radius 2 is 2.03 bits per heavy atom. The molecule has 5 nitrogen and oxygen atoms in total. The molecule has 0 aromatic carbocycles. The van der Waals surface area contributed by atoms with Crippen molar-refractivity contribution in [2.75, 3.05) is 5.32 Å². The van der Waals surface area contributed by atoms with Crippen molar-refractivity contribution in [2.24, 2.45) is 10.9 Å². The number of rotatable bonds is 8. The van der Waals surface area contributed by atoms with Crippen LogP contribution < -0.4 is 5.32 Å². The minimum Gasteiger partial charge on any atom is -0.310 e. The van der Waals surface area contributed by atoms with Gasteiger partial charge in [-0.15, -0.1) is 0 Å². The average Bonchev–Trinajstić information content (AvgIpc) is 3.60. The Morgan fingerprint density at radius 1 is 1.30 bits per heavy atom. The fourth-order valence-corrected chi connectivity index (χ4v) is 3.36. The number of hydrogen-bond acceptors (Lipinski definition) is 4. The van der Waals surface area contributed by atoms with Crippen molar-refractivity contribution in [1.29, 1.82) is 0 Å². The highest BCUT2D eigenvalue weighted by molar-refractivity contribution is 6.23. The maximum Gasteiger partial charge on any atom is 0.228 e. The highest BCUT2D eigenvalue weighted by atomic mass is 16.2. The quantitative estimate of drug-likeness (QED) is 0.493. The van der Waals surface area contributed by atoms with Crippen molar-refractivity contribution in [3.63, 3.8) is 0 Å². The molecule has 1 atom stereocenters. The van der Waals surface area contributed by atoms with E-state index in [-0.39, 0.29) is 13.3 Å². The van der Waals surface area contributed by atoms with Gasteiger partial charge in [0.25, 0.3) is 0 Å². The van der Waals surface area contributed by atoms with Crippen LogP contribution in [0.1, 0.15) is 80.6 Å². The van der Waals surface area contributed by atoms with Crippen molar-refractivity contribution in [2.45, 2.75) is 79.7 Å². The fourth-order valence-electron chi connectivity index (χ4n) is 3.36. The number of amides is 1. The highest BCUT2D eigenvalue weighted by Crippen LogP contribution is 2.30. The lowest BCUT2D eigenvalue weighted by atomic mass is 10.0. The van der Waals surface area contributed by atoms with Crippen molar-refractivity contribution >= 4 is 33.9 Å². The predicted molar refractivity (Wildman–Crippen MR) is 130 cm³/mol. The summed E-state index contributed by atoms with van der Waals surface area (Å²) in [6, 6.07) is 4.25. The van der Waals surface area contributed by atoms with Gasteiger partial charge in [-0.3, -0.25) is 14.8 Å². The van der Waals surface area contributed by atoms with E-state index in [1.165, 1.54) is 12.8 Å². The zero-order valence-corrected chi connectivity index (χ0v) is 19.3. The zero-order chi connectivity index (χ0) is 22.1. The molecule has 1 N–H and O–H groups in total. The summed E-state index contributed by atoms with van der Waals surface area (Å²) in [4.78, 5) is 25.8. The first-order chi connectivity index (χ1) is 14.5. The van der Waals surface area contributed by atoms with E-state index in [0.29, 0.717) is 11.9 Å². The third-order valence-electron chi connectivity index (χ3n) is 5.14. The monoisotopic (exact) mass is 410 g/mol. The number of anilines is 1. The summed E-state index contributed by atoms with van der Waals surface area (Å²) in [5, 5.41) is 3.83. The first-order valence-electron chi connectivity index (χ1n) is 11.3. The molecule has 1 saturated carbocycles. The fraction of sp³-hybridized carbons (Fsp3) is 0.520. The molecule has 0 bridgehead atoms. The molecule has 5 heteroatoms. The lowest BCUT2D eigenvalue weighted by Gasteiger charge is -2.12. The third-order valence-corrected chi connectivity index (χ3v) is 5.14. The molecule has 0 spiro atoms. The molecule has 1 unspecified atom stereocenters. The van der Waals surface area contributed by atoms with Crippen LogP contribution in [0.5, 0.6) is 0 Å². The topological polar surface area (TPSA) is 67.2 Å². The van der Waals surface area contributed by atoms with E-state index in [1.54, 1.807) is 6.20 Å². The van der Waals surface area contributed by atoms with E-state index in [9.17, 15) is 4.79 Å². The number of carbonyl (C=O) groups is 1. The van der Waals surface area contributed by atoms with Gasteiger partial charge in [-0.05, 0) is 51.7 Å².